The summed E-state index contributed by atoms with van der Waals surface area (Å²) < 4.78 is 15.4. The van der Waals surface area contributed by atoms with Gasteiger partial charge in [-0.25, -0.2) is 14.1 Å². The number of aromatic nitrogens is 4. The third-order valence-electron chi connectivity index (χ3n) is 7.63. The van der Waals surface area contributed by atoms with Crippen LogP contribution in [0.25, 0.3) is 28.0 Å². The summed E-state index contributed by atoms with van der Waals surface area (Å²) in [5.74, 6) is 0.690. The van der Waals surface area contributed by atoms with Crippen molar-refractivity contribution in [2.45, 2.75) is 32.7 Å². The third-order valence-corrected chi connectivity index (χ3v) is 7.88. The zero-order valence-electron chi connectivity index (χ0n) is 23.5. The lowest BCUT2D eigenvalue weighted by Crippen LogP contribution is -2.46. The van der Waals surface area contributed by atoms with Crippen molar-refractivity contribution >= 4 is 34.4 Å². The predicted molar refractivity (Wildman–Crippen MR) is 164 cm³/mol. The van der Waals surface area contributed by atoms with Gasteiger partial charge >= 0.3 is 0 Å². The number of nitrogens with two attached hydrogens (primary N) is 1. The van der Waals surface area contributed by atoms with Crippen molar-refractivity contribution in [1.82, 2.24) is 24.6 Å². The fourth-order valence-corrected chi connectivity index (χ4v) is 5.34. The molecular formula is C32H33ClFN7. The second-order valence-electron chi connectivity index (χ2n) is 11.6. The van der Waals surface area contributed by atoms with Crippen molar-refractivity contribution in [3.63, 3.8) is 0 Å². The Morgan fingerprint density at radius 3 is 2.15 bits per heavy atom. The normalized spacial score (nSPS) is 14.6. The van der Waals surface area contributed by atoms with E-state index in [2.05, 4.69) is 54.8 Å². The zero-order chi connectivity index (χ0) is 28.7. The van der Waals surface area contributed by atoms with E-state index < -0.39 is 0 Å². The molecule has 1 fully saturated rings. The molecule has 0 saturated carbocycles. The number of rotatable bonds is 5. The molecule has 0 spiro atoms. The van der Waals surface area contributed by atoms with Gasteiger partial charge in [-0.1, -0.05) is 56.6 Å². The maximum absolute atomic E-state index is 13.8. The van der Waals surface area contributed by atoms with E-state index in [-0.39, 0.29) is 11.2 Å². The van der Waals surface area contributed by atoms with Crippen LogP contribution in [-0.4, -0.2) is 50.8 Å². The van der Waals surface area contributed by atoms with E-state index in [0.29, 0.717) is 33.5 Å². The van der Waals surface area contributed by atoms with Crippen LogP contribution < -0.4 is 10.6 Å². The van der Waals surface area contributed by atoms with Gasteiger partial charge in [0.1, 0.15) is 11.6 Å². The largest absolute Gasteiger partial charge is 0.383 e. The highest BCUT2D eigenvalue weighted by Crippen LogP contribution is 2.34. The maximum atomic E-state index is 13.8. The molecule has 2 aromatic heterocycles. The summed E-state index contributed by atoms with van der Waals surface area (Å²) in [4.78, 5) is 14.5. The Labute approximate surface area is 244 Å². The minimum Gasteiger partial charge on any atom is -0.383 e. The summed E-state index contributed by atoms with van der Waals surface area (Å²) in [7, 11) is 0. The molecule has 1 saturated heterocycles. The first-order valence-electron chi connectivity index (χ1n) is 13.8. The van der Waals surface area contributed by atoms with Crippen LogP contribution in [0.2, 0.25) is 5.02 Å². The maximum Gasteiger partial charge on any atom is 0.228 e. The molecule has 41 heavy (non-hydrogen) atoms. The van der Waals surface area contributed by atoms with E-state index in [0.717, 1.165) is 44.0 Å². The van der Waals surface area contributed by atoms with E-state index in [1.165, 1.54) is 23.3 Å². The van der Waals surface area contributed by atoms with Crippen LogP contribution in [-0.2, 0) is 12.0 Å². The van der Waals surface area contributed by atoms with Gasteiger partial charge in [-0.15, -0.1) is 5.10 Å². The van der Waals surface area contributed by atoms with Gasteiger partial charge in [-0.2, -0.15) is 4.98 Å². The molecule has 1 aliphatic rings. The van der Waals surface area contributed by atoms with E-state index in [9.17, 15) is 4.39 Å². The lowest BCUT2D eigenvalue weighted by Gasteiger charge is -2.35. The van der Waals surface area contributed by atoms with Gasteiger partial charge in [0.25, 0.3) is 0 Å². The van der Waals surface area contributed by atoms with Crippen molar-refractivity contribution in [2.75, 3.05) is 36.8 Å². The number of nitrogen functional groups attached to an aromatic ring is 1. The Kier molecular flexibility index (Phi) is 7.13. The van der Waals surface area contributed by atoms with Gasteiger partial charge < -0.3 is 10.6 Å². The van der Waals surface area contributed by atoms with Crippen molar-refractivity contribution in [3.05, 3.63) is 94.8 Å². The second kappa shape index (κ2) is 10.8. The first-order chi connectivity index (χ1) is 19.7. The van der Waals surface area contributed by atoms with Gasteiger partial charge in [0.15, 0.2) is 5.65 Å². The summed E-state index contributed by atoms with van der Waals surface area (Å²) in [5, 5.41) is 6.01. The van der Waals surface area contributed by atoms with Gasteiger partial charge in [-0.05, 0) is 65.1 Å². The molecule has 3 heterocycles. The molecule has 0 aliphatic carbocycles. The number of piperazine rings is 1. The summed E-state index contributed by atoms with van der Waals surface area (Å²) in [5.41, 5.74) is 12.1. The number of hydrogen-bond acceptors (Lipinski definition) is 6. The molecule has 1 aliphatic heterocycles. The van der Waals surface area contributed by atoms with Crippen LogP contribution in [0.15, 0.2) is 72.8 Å². The minimum atomic E-state index is -0.312. The molecule has 0 amide bonds. The second-order valence-corrected chi connectivity index (χ2v) is 12.0. The first kappa shape index (κ1) is 27.2. The first-order valence-corrected chi connectivity index (χ1v) is 14.2. The summed E-state index contributed by atoms with van der Waals surface area (Å²) in [6, 6.07) is 22.5. The summed E-state index contributed by atoms with van der Waals surface area (Å²) in [6.45, 7) is 10.9. The molecule has 0 unspecified atom stereocenters. The fraction of sp³-hybridized carbons (Fsp3) is 0.281. The molecule has 7 nitrogen and oxygen atoms in total. The summed E-state index contributed by atoms with van der Waals surface area (Å²) >= 11 is 6.10. The van der Waals surface area contributed by atoms with E-state index in [4.69, 9.17) is 32.4 Å². The monoisotopic (exact) mass is 569 g/mol. The van der Waals surface area contributed by atoms with Crippen molar-refractivity contribution in [2.24, 2.45) is 0 Å². The van der Waals surface area contributed by atoms with Crippen LogP contribution in [0, 0.1) is 5.82 Å². The fourth-order valence-electron chi connectivity index (χ4n) is 5.21. The Morgan fingerprint density at radius 1 is 0.854 bits per heavy atom. The average molecular weight is 570 g/mol. The molecule has 9 heteroatoms. The van der Waals surface area contributed by atoms with Crippen LogP contribution in [0.4, 0.5) is 16.2 Å². The topological polar surface area (TPSA) is 76.1 Å². The van der Waals surface area contributed by atoms with Crippen molar-refractivity contribution in [3.8, 4) is 16.9 Å². The predicted octanol–water partition coefficient (Wildman–Crippen LogP) is 6.48. The minimum absolute atomic E-state index is 0.146. The molecule has 3 aromatic carbocycles. The molecule has 6 rings (SSSR count). The number of fused-ring (bicyclic) bond motifs is 1. The number of hydrogen-bond donors (Lipinski definition) is 1. The molecule has 0 bridgehead atoms. The quantitative estimate of drug-likeness (QED) is 0.261. The molecule has 210 valence electrons. The Morgan fingerprint density at radius 2 is 1.51 bits per heavy atom. The smallest absolute Gasteiger partial charge is 0.228 e. The van der Waals surface area contributed by atoms with Gasteiger partial charge in [-0.3, -0.25) is 4.90 Å². The van der Waals surface area contributed by atoms with Crippen LogP contribution in [0.5, 0.6) is 0 Å². The van der Waals surface area contributed by atoms with E-state index in [1.807, 2.05) is 12.1 Å². The summed E-state index contributed by atoms with van der Waals surface area (Å²) in [6.07, 6.45) is 0. The van der Waals surface area contributed by atoms with Gasteiger partial charge in [0.2, 0.25) is 5.95 Å². The average Bonchev–Trinajstić information content (AvgIpc) is 3.30. The van der Waals surface area contributed by atoms with Crippen molar-refractivity contribution in [1.29, 1.82) is 0 Å². The standard InChI is InChI=1S/C32H33ClFN7/c1-32(2,3)23-8-4-21(5-9-23)20-39-16-18-40(19-17-39)31-36-28(22-6-12-25(34)13-7-22)27-29(35)41(38-30(27)37-31)26-14-10-24(33)11-15-26/h4-15H,16-20,35H2,1-3H3. The van der Waals surface area contributed by atoms with Crippen molar-refractivity contribution < 1.29 is 4.39 Å². The van der Waals surface area contributed by atoms with Crippen LogP contribution in [0.3, 0.4) is 0 Å². The van der Waals surface area contributed by atoms with E-state index in [1.54, 1.807) is 28.9 Å². The van der Waals surface area contributed by atoms with E-state index >= 15 is 0 Å². The Hall–Kier alpha value is -4.01. The highest BCUT2D eigenvalue weighted by Gasteiger charge is 2.24. The van der Waals surface area contributed by atoms with Gasteiger partial charge in [0, 0.05) is 43.3 Å². The van der Waals surface area contributed by atoms with Crippen LogP contribution >= 0.6 is 11.6 Å². The van der Waals surface area contributed by atoms with Crippen LogP contribution in [0.1, 0.15) is 31.9 Å². The number of nitrogens with zero attached hydrogens (tertiary/aromatic N) is 6. The highest BCUT2D eigenvalue weighted by molar-refractivity contribution is 6.30. The Balaban J connectivity index is 1.28. The zero-order valence-corrected chi connectivity index (χ0v) is 24.2. The number of anilines is 2. The number of benzene rings is 3. The molecule has 2 N–H and O–H groups in total. The molecule has 0 atom stereocenters. The highest BCUT2D eigenvalue weighted by atomic mass is 35.5. The third kappa shape index (κ3) is 5.62. The molecular weight excluding hydrogens is 537 g/mol. The van der Waals surface area contributed by atoms with Gasteiger partial charge in [0.05, 0.1) is 16.8 Å². The molecule has 5 aromatic rings. The molecule has 0 radical (unpaired) electrons. The number of halogens is 2. The lowest BCUT2D eigenvalue weighted by molar-refractivity contribution is 0.248. The SMILES string of the molecule is CC(C)(C)c1ccc(CN2CCN(c3nc(-c4ccc(F)cc4)c4c(N)n(-c5ccc(Cl)cc5)nc4n3)CC2)cc1. The Bertz CT molecular complexity index is 1670. The lowest BCUT2D eigenvalue weighted by atomic mass is 9.87.